The molecule has 4 nitrogen and oxygen atoms in total. The van der Waals surface area contributed by atoms with E-state index in [9.17, 15) is 4.79 Å². The minimum absolute atomic E-state index is 0.00945. The number of hydrogen-bond acceptors (Lipinski definition) is 4. The molecular formula is C21H27BBrN2O2S. The Kier molecular flexibility index (Phi) is 8.58. The Bertz CT molecular complexity index is 735. The summed E-state index contributed by atoms with van der Waals surface area (Å²) in [6, 6.07) is 12.5. The Morgan fingerprint density at radius 3 is 2.68 bits per heavy atom. The zero-order valence-corrected chi connectivity index (χ0v) is 18.4. The second-order valence-electron chi connectivity index (χ2n) is 7.37. The Labute approximate surface area is 180 Å². The van der Waals surface area contributed by atoms with Crippen molar-refractivity contribution in [2.24, 2.45) is 17.6 Å². The van der Waals surface area contributed by atoms with Crippen molar-refractivity contribution in [3.63, 3.8) is 0 Å². The van der Waals surface area contributed by atoms with Gasteiger partial charge >= 0.3 is 0 Å². The van der Waals surface area contributed by atoms with Crippen LogP contribution in [0.3, 0.4) is 0 Å². The number of thiophene rings is 1. The average Bonchev–Trinajstić information content (AvgIpc) is 3.15. The molecule has 2 aromatic rings. The van der Waals surface area contributed by atoms with Crippen LogP contribution in [0.5, 0.6) is 0 Å². The molecule has 1 radical (unpaired) electrons. The van der Waals surface area contributed by atoms with Crippen LogP contribution in [0, 0.1) is 11.8 Å². The van der Waals surface area contributed by atoms with Crippen molar-refractivity contribution < 1.29 is 9.45 Å². The van der Waals surface area contributed by atoms with Gasteiger partial charge in [0, 0.05) is 20.6 Å². The minimum Gasteiger partial charge on any atom is -0.429 e. The van der Waals surface area contributed by atoms with E-state index in [4.69, 9.17) is 10.4 Å². The van der Waals surface area contributed by atoms with E-state index in [1.807, 2.05) is 25.7 Å². The van der Waals surface area contributed by atoms with E-state index in [1.54, 1.807) is 11.3 Å². The third-order valence-corrected chi connectivity index (χ3v) is 7.20. The number of hydrogen-bond donors (Lipinski definition) is 2. The van der Waals surface area contributed by atoms with E-state index >= 15 is 0 Å². The van der Waals surface area contributed by atoms with Gasteiger partial charge in [-0.1, -0.05) is 43.2 Å². The monoisotopic (exact) mass is 461 g/mol. The quantitative estimate of drug-likeness (QED) is 0.323. The predicted molar refractivity (Wildman–Crippen MR) is 119 cm³/mol. The summed E-state index contributed by atoms with van der Waals surface area (Å²) in [4.78, 5) is 14.2. The van der Waals surface area contributed by atoms with E-state index < -0.39 is 0 Å². The van der Waals surface area contributed by atoms with Crippen LogP contribution in [0.1, 0.15) is 42.2 Å². The van der Waals surface area contributed by atoms with E-state index in [2.05, 4.69) is 44.8 Å². The highest BCUT2D eigenvalue weighted by Crippen LogP contribution is 2.33. The summed E-state index contributed by atoms with van der Waals surface area (Å²) >= 11 is 5.23. The lowest BCUT2D eigenvalue weighted by Crippen LogP contribution is -2.36. The van der Waals surface area contributed by atoms with Gasteiger partial charge in [-0.3, -0.25) is 4.79 Å². The maximum Gasteiger partial charge on any atom is 0.294 e. The molecule has 1 unspecified atom stereocenters. The lowest BCUT2D eigenvalue weighted by molar-refractivity contribution is -0.126. The van der Waals surface area contributed by atoms with Gasteiger partial charge in [0.25, 0.3) is 7.48 Å². The summed E-state index contributed by atoms with van der Waals surface area (Å²) in [5, 5.41) is 5.41. The first kappa shape index (κ1) is 21.6. The summed E-state index contributed by atoms with van der Waals surface area (Å²) in [7, 11) is 1.82. The lowest BCUT2D eigenvalue weighted by Gasteiger charge is -2.29. The first-order valence-corrected chi connectivity index (χ1v) is 11.5. The number of carbonyl (C=O) groups is 1. The topological polar surface area (TPSA) is 64.3 Å². The summed E-state index contributed by atoms with van der Waals surface area (Å²) < 4.78 is 6.21. The maximum atomic E-state index is 13.0. The standard InChI is InChI=1S/C21H27BBrN2O2S/c23-18-11-20(28-13-18)19(10-15-4-2-1-3-5-15)25-21(26)17-8-6-16(7-9-17)12-22-27-14-24/h1-5,11,13,16-17,19H,6-10,12,14,24H2,(H,25,26). The molecule has 1 heterocycles. The first-order chi connectivity index (χ1) is 13.7. The van der Waals surface area contributed by atoms with Crippen molar-refractivity contribution in [2.45, 2.75) is 44.5 Å². The third-order valence-electron chi connectivity index (χ3n) is 5.39. The van der Waals surface area contributed by atoms with Gasteiger partial charge in [-0.15, -0.1) is 11.3 Å². The molecule has 1 aliphatic carbocycles. The van der Waals surface area contributed by atoms with Crippen molar-refractivity contribution in [3.8, 4) is 0 Å². The fourth-order valence-corrected chi connectivity index (χ4v) is 5.30. The molecule has 1 fully saturated rings. The van der Waals surface area contributed by atoms with Crippen LogP contribution in [0.2, 0.25) is 6.32 Å². The number of benzene rings is 1. The highest BCUT2D eigenvalue weighted by atomic mass is 79.9. The molecule has 0 saturated heterocycles. The zero-order chi connectivity index (χ0) is 19.8. The minimum atomic E-state index is 0.00945. The number of carbonyl (C=O) groups excluding carboxylic acids is 1. The van der Waals surface area contributed by atoms with Crippen molar-refractivity contribution in [1.29, 1.82) is 0 Å². The predicted octanol–water partition coefficient (Wildman–Crippen LogP) is 4.69. The molecular weight excluding hydrogens is 435 g/mol. The summed E-state index contributed by atoms with van der Waals surface area (Å²) in [5.41, 5.74) is 6.58. The number of halogens is 1. The van der Waals surface area contributed by atoms with E-state index in [-0.39, 0.29) is 24.6 Å². The van der Waals surface area contributed by atoms with Gasteiger partial charge in [0.05, 0.1) is 12.8 Å². The maximum absolute atomic E-state index is 13.0. The van der Waals surface area contributed by atoms with E-state index in [0.717, 1.165) is 42.9 Å². The van der Waals surface area contributed by atoms with Crippen LogP contribution in [0.25, 0.3) is 0 Å². The Hall–Kier alpha value is -1.15. The molecule has 28 heavy (non-hydrogen) atoms. The molecule has 0 bridgehead atoms. The Morgan fingerprint density at radius 2 is 2.04 bits per heavy atom. The molecule has 1 aromatic carbocycles. The van der Waals surface area contributed by atoms with Gasteiger partial charge in [-0.2, -0.15) is 0 Å². The molecule has 3 rings (SSSR count). The summed E-state index contributed by atoms with van der Waals surface area (Å²) in [6.07, 6.45) is 5.75. The van der Waals surface area contributed by atoms with Gasteiger partial charge in [0.1, 0.15) is 0 Å². The summed E-state index contributed by atoms with van der Waals surface area (Å²) in [6.45, 7) is 0.236. The number of nitrogens with one attached hydrogen (secondary N) is 1. The second kappa shape index (κ2) is 11.1. The number of amides is 1. The van der Waals surface area contributed by atoms with Gasteiger partial charge in [-0.05, 0) is 59.1 Å². The van der Waals surface area contributed by atoms with Crippen LogP contribution in [-0.2, 0) is 15.9 Å². The fourth-order valence-electron chi connectivity index (χ4n) is 3.81. The normalized spacial score (nSPS) is 20.5. The first-order valence-electron chi connectivity index (χ1n) is 9.87. The second-order valence-corrected chi connectivity index (χ2v) is 9.23. The van der Waals surface area contributed by atoms with Gasteiger partial charge in [0.2, 0.25) is 5.91 Å². The largest absolute Gasteiger partial charge is 0.429 e. The van der Waals surface area contributed by atoms with Gasteiger partial charge in [-0.25, -0.2) is 0 Å². The molecule has 1 aromatic heterocycles. The highest BCUT2D eigenvalue weighted by Gasteiger charge is 2.28. The molecule has 1 atom stereocenters. The van der Waals surface area contributed by atoms with E-state index in [1.165, 1.54) is 10.4 Å². The van der Waals surface area contributed by atoms with Crippen LogP contribution in [0.15, 0.2) is 46.3 Å². The molecule has 1 aliphatic rings. The highest BCUT2D eigenvalue weighted by molar-refractivity contribution is 9.10. The fraction of sp³-hybridized carbons (Fsp3) is 0.476. The number of nitrogens with two attached hydrogens (primary N) is 1. The average molecular weight is 462 g/mol. The molecule has 1 amide bonds. The van der Waals surface area contributed by atoms with E-state index in [0.29, 0.717) is 5.92 Å². The molecule has 0 spiro atoms. The Balaban J connectivity index is 1.57. The van der Waals surface area contributed by atoms with Crippen LogP contribution in [-0.4, -0.2) is 20.1 Å². The van der Waals surface area contributed by atoms with Crippen molar-refractivity contribution in [2.75, 3.05) is 6.73 Å². The lowest BCUT2D eigenvalue weighted by atomic mass is 9.73. The molecule has 1 saturated carbocycles. The van der Waals surface area contributed by atoms with Gasteiger partial charge < -0.3 is 15.7 Å². The zero-order valence-electron chi connectivity index (χ0n) is 16.0. The van der Waals surface area contributed by atoms with Crippen LogP contribution in [0.4, 0.5) is 0 Å². The molecule has 3 N–H and O–H groups in total. The smallest absolute Gasteiger partial charge is 0.294 e. The Morgan fingerprint density at radius 1 is 1.29 bits per heavy atom. The molecule has 0 aliphatic heterocycles. The SMILES string of the molecule is NCO[B]CC1CCC(C(=O)NC(Cc2ccccc2)c2cc(Br)cs2)CC1. The van der Waals surface area contributed by atoms with Crippen molar-refractivity contribution >= 4 is 40.7 Å². The van der Waals surface area contributed by atoms with Crippen LogP contribution >= 0.6 is 27.3 Å². The number of rotatable bonds is 9. The third kappa shape index (κ3) is 6.44. The summed E-state index contributed by atoms with van der Waals surface area (Å²) in [5.74, 6) is 0.892. The van der Waals surface area contributed by atoms with Gasteiger partial charge in [0.15, 0.2) is 0 Å². The van der Waals surface area contributed by atoms with Crippen LogP contribution < -0.4 is 11.1 Å². The molecule has 7 heteroatoms. The van der Waals surface area contributed by atoms with Crippen molar-refractivity contribution in [1.82, 2.24) is 5.32 Å². The van der Waals surface area contributed by atoms with Crippen molar-refractivity contribution in [3.05, 3.63) is 56.7 Å². The molecule has 149 valence electrons.